The second kappa shape index (κ2) is 9.30. The fourth-order valence-corrected chi connectivity index (χ4v) is 1.13. The summed E-state index contributed by atoms with van der Waals surface area (Å²) in [6.45, 7) is 12.6. The summed E-state index contributed by atoms with van der Waals surface area (Å²) in [5.41, 5.74) is -0.125. The lowest BCUT2D eigenvalue weighted by atomic mass is 10.2. The molecule has 0 aromatic carbocycles. The third kappa shape index (κ3) is 13.4. The summed E-state index contributed by atoms with van der Waals surface area (Å²) in [6.07, 6.45) is 0. The van der Waals surface area contributed by atoms with Crippen molar-refractivity contribution in [3.8, 4) is 0 Å². The lowest BCUT2D eigenvalue weighted by molar-refractivity contribution is -0.120. The van der Waals surface area contributed by atoms with E-state index in [-0.39, 0.29) is 11.5 Å². The van der Waals surface area contributed by atoms with Gasteiger partial charge in [-0.3, -0.25) is 4.79 Å². The fraction of sp³-hybridized carbons (Fsp3) is 0.923. The van der Waals surface area contributed by atoms with E-state index in [0.717, 1.165) is 0 Å². The van der Waals surface area contributed by atoms with Crippen molar-refractivity contribution in [2.24, 2.45) is 0 Å². The molecule has 0 aromatic rings. The molecule has 1 amide bonds. The summed E-state index contributed by atoms with van der Waals surface area (Å²) in [5.74, 6) is -0.00163. The predicted octanol–water partition coefficient (Wildman–Crippen LogP) is 0.932. The Bertz CT molecular complexity index is 225. The van der Waals surface area contributed by atoms with Crippen LogP contribution in [-0.2, 0) is 14.3 Å². The quantitative estimate of drug-likeness (QED) is 0.606. The first-order valence-corrected chi connectivity index (χ1v) is 6.53. The standard InChI is InChI=1S/C13H28N2O3/c1-11(2)15-10-12(16)14-6-7-17-8-9-18-13(3,4)5/h11,15H,6-10H2,1-5H3,(H,14,16). The number of rotatable bonds is 9. The Morgan fingerprint density at radius 2 is 1.83 bits per heavy atom. The molecule has 0 radical (unpaired) electrons. The van der Waals surface area contributed by atoms with Crippen molar-refractivity contribution in [3.05, 3.63) is 0 Å². The Hall–Kier alpha value is -0.650. The summed E-state index contributed by atoms with van der Waals surface area (Å²) in [7, 11) is 0. The van der Waals surface area contributed by atoms with E-state index in [4.69, 9.17) is 9.47 Å². The zero-order chi connectivity index (χ0) is 14.0. The molecule has 0 unspecified atom stereocenters. The summed E-state index contributed by atoms with van der Waals surface area (Å²) >= 11 is 0. The lowest BCUT2D eigenvalue weighted by Gasteiger charge is -2.19. The van der Waals surface area contributed by atoms with Crippen molar-refractivity contribution >= 4 is 5.91 Å². The van der Waals surface area contributed by atoms with E-state index in [2.05, 4.69) is 10.6 Å². The average Bonchev–Trinajstić information content (AvgIpc) is 2.23. The summed E-state index contributed by atoms with van der Waals surface area (Å²) in [5, 5.41) is 5.83. The van der Waals surface area contributed by atoms with Crippen LogP contribution in [0.5, 0.6) is 0 Å². The highest BCUT2D eigenvalue weighted by Gasteiger charge is 2.08. The summed E-state index contributed by atoms with van der Waals surface area (Å²) in [4.78, 5) is 11.3. The van der Waals surface area contributed by atoms with Crippen LogP contribution in [0.4, 0.5) is 0 Å². The molecule has 0 saturated heterocycles. The van der Waals surface area contributed by atoms with Gasteiger partial charge in [0.15, 0.2) is 0 Å². The van der Waals surface area contributed by atoms with E-state index in [1.807, 2.05) is 34.6 Å². The largest absolute Gasteiger partial charge is 0.377 e. The van der Waals surface area contributed by atoms with Crippen LogP contribution < -0.4 is 10.6 Å². The Morgan fingerprint density at radius 3 is 2.39 bits per heavy atom. The zero-order valence-corrected chi connectivity index (χ0v) is 12.3. The van der Waals surface area contributed by atoms with Gasteiger partial charge >= 0.3 is 0 Å². The molecule has 0 fully saturated rings. The lowest BCUT2D eigenvalue weighted by Crippen LogP contribution is -2.38. The van der Waals surface area contributed by atoms with Gasteiger partial charge in [0.05, 0.1) is 32.0 Å². The van der Waals surface area contributed by atoms with E-state index in [1.165, 1.54) is 0 Å². The fourth-order valence-electron chi connectivity index (χ4n) is 1.13. The van der Waals surface area contributed by atoms with Crippen molar-refractivity contribution in [2.45, 2.75) is 46.3 Å². The molecule has 0 saturated carbocycles. The number of carbonyl (C=O) groups is 1. The molecule has 0 aliphatic heterocycles. The highest BCUT2D eigenvalue weighted by molar-refractivity contribution is 5.77. The highest BCUT2D eigenvalue weighted by atomic mass is 16.5. The highest BCUT2D eigenvalue weighted by Crippen LogP contribution is 2.05. The van der Waals surface area contributed by atoms with E-state index in [1.54, 1.807) is 0 Å². The maximum Gasteiger partial charge on any atom is 0.234 e. The van der Waals surface area contributed by atoms with Crippen molar-refractivity contribution in [2.75, 3.05) is 32.9 Å². The number of carbonyl (C=O) groups excluding carboxylic acids is 1. The second-order valence-electron chi connectivity index (χ2n) is 5.46. The van der Waals surface area contributed by atoms with Gasteiger partial charge in [0.1, 0.15) is 0 Å². The summed E-state index contributed by atoms with van der Waals surface area (Å²) in [6, 6.07) is 0.321. The molecule has 2 N–H and O–H groups in total. The van der Waals surface area contributed by atoms with Crippen LogP contribution in [0.2, 0.25) is 0 Å². The van der Waals surface area contributed by atoms with Gasteiger partial charge in [-0.1, -0.05) is 13.8 Å². The Kier molecular flexibility index (Phi) is 8.97. The minimum Gasteiger partial charge on any atom is -0.377 e. The maximum atomic E-state index is 11.3. The van der Waals surface area contributed by atoms with E-state index in [9.17, 15) is 4.79 Å². The van der Waals surface area contributed by atoms with E-state index >= 15 is 0 Å². The number of nitrogens with one attached hydrogen (secondary N) is 2. The van der Waals surface area contributed by atoms with Gasteiger partial charge in [-0.15, -0.1) is 0 Å². The molecule has 5 nitrogen and oxygen atoms in total. The van der Waals surface area contributed by atoms with Crippen molar-refractivity contribution in [1.82, 2.24) is 10.6 Å². The van der Waals surface area contributed by atoms with Crippen LogP contribution in [0.25, 0.3) is 0 Å². The SMILES string of the molecule is CC(C)NCC(=O)NCCOCCOC(C)(C)C. The van der Waals surface area contributed by atoms with Crippen molar-refractivity contribution in [1.29, 1.82) is 0 Å². The van der Waals surface area contributed by atoms with Crippen LogP contribution in [-0.4, -0.2) is 50.5 Å². The molecule has 0 spiro atoms. The zero-order valence-electron chi connectivity index (χ0n) is 12.3. The molecule has 5 heteroatoms. The first-order chi connectivity index (χ1) is 8.31. The Labute approximate surface area is 111 Å². The molecule has 0 heterocycles. The molecule has 0 aliphatic carbocycles. The van der Waals surface area contributed by atoms with Crippen LogP contribution >= 0.6 is 0 Å². The first kappa shape index (κ1) is 17.4. The van der Waals surface area contributed by atoms with E-state index in [0.29, 0.717) is 39.0 Å². The minimum atomic E-state index is -0.125. The molecule has 0 rings (SSSR count). The molecule has 108 valence electrons. The van der Waals surface area contributed by atoms with Gasteiger partial charge < -0.3 is 20.1 Å². The molecule has 0 aromatic heterocycles. The predicted molar refractivity (Wildman–Crippen MR) is 72.7 cm³/mol. The molecule has 18 heavy (non-hydrogen) atoms. The topological polar surface area (TPSA) is 59.6 Å². The molecular weight excluding hydrogens is 232 g/mol. The minimum absolute atomic E-state index is 0.00163. The number of amides is 1. The smallest absolute Gasteiger partial charge is 0.234 e. The number of hydrogen-bond acceptors (Lipinski definition) is 4. The normalized spacial score (nSPS) is 11.9. The number of ether oxygens (including phenoxy) is 2. The molecular formula is C13H28N2O3. The van der Waals surface area contributed by atoms with Crippen molar-refractivity contribution < 1.29 is 14.3 Å². The van der Waals surface area contributed by atoms with Gasteiger partial charge in [-0.25, -0.2) is 0 Å². The van der Waals surface area contributed by atoms with Gasteiger partial charge in [0, 0.05) is 12.6 Å². The van der Waals surface area contributed by atoms with E-state index < -0.39 is 0 Å². The van der Waals surface area contributed by atoms with Crippen LogP contribution in [0, 0.1) is 0 Å². The monoisotopic (exact) mass is 260 g/mol. The van der Waals surface area contributed by atoms with Gasteiger partial charge in [-0.2, -0.15) is 0 Å². The molecule has 0 bridgehead atoms. The van der Waals surface area contributed by atoms with Gasteiger partial charge in [-0.05, 0) is 20.8 Å². The Morgan fingerprint density at radius 1 is 1.17 bits per heavy atom. The van der Waals surface area contributed by atoms with Crippen molar-refractivity contribution in [3.63, 3.8) is 0 Å². The number of hydrogen-bond donors (Lipinski definition) is 2. The third-order valence-corrected chi connectivity index (χ3v) is 2.00. The van der Waals surface area contributed by atoms with Crippen LogP contribution in [0.3, 0.4) is 0 Å². The molecule has 0 aliphatic rings. The van der Waals surface area contributed by atoms with Gasteiger partial charge in [0.25, 0.3) is 0 Å². The first-order valence-electron chi connectivity index (χ1n) is 6.53. The van der Waals surface area contributed by atoms with Crippen LogP contribution in [0.15, 0.2) is 0 Å². The average molecular weight is 260 g/mol. The summed E-state index contributed by atoms with van der Waals surface area (Å²) < 4.78 is 10.8. The van der Waals surface area contributed by atoms with Crippen LogP contribution in [0.1, 0.15) is 34.6 Å². The maximum absolute atomic E-state index is 11.3. The van der Waals surface area contributed by atoms with Gasteiger partial charge in [0.2, 0.25) is 5.91 Å². The molecule has 0 atom stereocenters. The second-order valence-corrected chi connectivity index (χ2v) is 5.46. The Balaban J connectivity index is 3.28. The third-order valence-electron chi connectivity index (χ3n) is 2.00.